The number of rotatable bonds is 10. The maximum Gasteiger partial charge on any atom is 0.133 e. The molecule has 0 aromatic heterocycles. The largest absolute Gasteiger partial charge is 0.381 e. The summed E-state index contributed by atoms with van der Waals surface area (Å²) in [5.74, 6) is 0. The first-order valence-electron chi connectivity index (χ1n) is 4.78. The highest BCUT2D eigenvalue weighted by molar-refractivity contribution is 4.51. The Bertz CT molecular complexity index is 116. The van der Waals surface area contributed by atoms with Crippen LogP contribution in [0.15, 0.2) is 0 Å². The third-order valence-corrected chi connectivity index (χ3v) is 1.45. The van der Waals surface area contributed by atoms with E-state index in [9.17, 15) is 0 Å². The Balaban J connectivity index is 2.98. The van der Waals surface area contributed by atoms with Crippen molar-refractivity contribution < 1.29 is 20.0 Å². The fourth-order valence-corrected chi connectivity index (χ4v) is 0.744. The second-order valence-corrected chi connectivity index (χ2v) is 2.75. The van der Waals surface area contributed by atoms with Crippen molar-refractivity contribution in [1.82, 2.24) is 10.6 Å². The Kier molecular flexibility index (Phi) is 10.7. The number of aliphatic hydroxyl groups excluding tert-OH is 2. The molecule has 0 saturated carbocycles. The van der Waals surface area contributed by atoms with Crippen molar-refractivity contribution in [1.29, 1.82) is 0 Å². The van der Waals surface area contributed by atoms with Crippen LogP contribution in [0.3, 0.4) is 0 Å². The molecule has 0 saturated heterocycles. The lowest BCUT2D eigenvalue weighted by atomic mass is 10.4. The van der Waals surface area contributed by atoms with E-state index in [1.165, 1.54) is 0 Å². The van der Waals surface area contributed by atoms with Crippen LogP contribution in [0.4, 0.5) is 0 Å². The molecule has 4 N–H and O–H groups in total. The Labute approximate surface area is 84.1 Å². The lowest BCUT2D eigenvalue weighted by Crippen LogP contribution is -2.33. The summed E-state index contributed by atoms with van der Waals surface area (Å²) in [5.41, 5.74) is 0. The van der Waals surface area contributed by atoms with E-state index in [-0.39, 0.29) is 6.73 Å². The maximum absolute atomic E-state index is 9.11. The van der Waals surface area contributed by atoms with Gasteiger partial charge in [-0.05, 0) is 12.8 Å². The molecular weight excluding hydrogens is 188 g/mol. The highest BCUT2D eigenvalue weighted by atomic mass is 17.2. The molecule has 0 heterocycles. The van der Waals surface area contributed by atoms with E-state index in [1.807, 2.05) is 6.92 Å². The Morgan fingerprint density at radius 3 is 2.79 bits per heavy atom. The molecule has 0 aliphatic carbocycles. The highest BCUT2D eigenvalue weighted by Crippen LogP contribution is 1.84. The summed E-state index contributed by atoms with van der Waals surface area (Å²) < 4.78 is 0. The smallest absolute Gasteiger partial charge is 0.133 e. The zero-order valence-electron chi connectivity index (χ0n) is 8.53. The zero-order chi connectivity index (χ0) is 10.6. The monoisotopic (exact) mass is 208 g/mol. The molecule has 0 radical (unpaired) electrons. The van der Waals surface area contributed by atoms with E-state index >= 15 is 0 Å². The fraction of sp³-hybridized carbons (Fsp3) is 1.00. The Hall–Kier alpha value is -0.240. The van der Waals surface area contributed by atoms with E-state index in [4.69, 9.17) is 20.0 Å². The van der Waals surface area contributed by atoms with Crippen molar-refractivity contribution in [3.05, 3.63) is 0 Å². The molecule has 0 spiro atoms. The summed E-state index contributed by atoms with van der Waals surface area (Å²) >= 11 is 0. The minimum atomic E-state index is -0.691. The van der Waals surface area contributed by atoms with Crippen molar-refractivity contribution in [2.45, 2.75) is 26.0 Å². The molecule has 0 bridgehead atoms. The Morgan fingerprint density at radius 1 is 1.36 bits per heavy atom. The fourth-order valence-electron chi connectivity index (χ4n) is 0.744. The minimum absolute atomic E-state index is 0.225. The van der Waals surface area contributed by atoms with Gasteiger partial charge < -0.3 is 10.2 Å². The lowest BCUT2D eigenvalue weighted by Gasteiger charge is -2.10. The summed E-state index contributed by atoms with van der Waals surface area (Å²) in [6.45, 7) is 3.23. The standard InChI is InChI=1S/C8H20N2O4/c1-2-5-13-14-7-9-4-3-8(12)10-6-11/h8-12H,2-7H2,1H3/t8-/m0/s1. The van der Waals surface area contributed by atoms with E-state index in [0.29, 0.717) is 26.3 Å². The number of hydrogen-bond donors (Lipinski definition) is 4. The van der Waals surface area contributed by atoms with E-state index in [2.05, 4.69) is 10.6 Å². The van der Waals surface area contributed by atoms with Crippen molar-refractivity contribution in [3.8, 4) is 0 Å². The van der Waals surface area contributed by atoms with Crippen molar-refractivity contribution in [2.75, 3.05) is 26.6 Å². The van der Waals surface area contributed by atoms with Crippen molar-refractivity contribution >= 4 is 0 Å². The van der Waals surface area contributed by atoms with Gasteiger partial charge in [-0.3, -0.25) is 10.6 Å². The van der Waals surface area contributed by atoms with E-state index in [0.717, 1.165) is 6.42 Å². The molecule has 0 unspecified atom stereocenters. The van der Waals surface area contributed by atoms with Crippen LogP contribution in [-0.2, 0) is 9.78 Å². The van der Waals surface area contributed by atoms with Gasteiger partial charge in [-0.25, -0.2) is 9.78 Å². The molecular formula is C8H20N2O4. The molecule has 0 aliphatic heterocycles. The van der Waals surface area contributed by atoms with Gasteiger partial charge in [-0.1, -0.05) is 6.92 Å². The van der Waals surface area contributed by atoms with Crippen LogP contribution in [0.2, 0.25) is 0 Å². The second kappa shape index (κ2) is 10.8. The van der Waals surface area contributed by atoms with Gasteiger partial charge in [0.2, 0.25) is 0 Å². The molecule has 6 nitrogen and oxygen atoms in total. The molecule has 0 amide bonds. The van der Waals surface area contributed by atoms with Gasteiger partial charge in [0.1, 0.15) is 13.0 Å². The highest BCUT2D eigenvalue weighted by Gasteiger charge is 1.99. The van der Waals surface area contributed by atoms with Crippen LogP contribution >= 0.6 is 0 Å². The predicted molar refractivity (Wildman–Crippen MR) is 51.0 cm³/mol. The van der Waals surface area contributed by atoms with Crippen molar-refractivity contribution in [3.63, 3.8) is 0 Å². The summed E-state index contributed by atoms with van der Waals surface area (Å²) in [6.07, 6.45) is 0.723. The zero-order valence-corrected chi connectivity index (χ0v) is 8.53. The topological polar surface area (TPSA) is 83.0 Å². The normalized spacial score (nSPS) is 13.1. The predicted octanol–water partition coefficient (Wildman–Crippen LogP) is -0.860. The number of hydrogen-bond acceptors (Lipinski definition) is 6. The van der Waals surface area contributed by atoms with Gasteiger partial charge in [0.15, 0.2) is 0 Å². The first-order valence-corrected chi connectivity index (χ1v) is 4.78. The van der Waals surface area contributed by atoms with E-state index in [1.54, 1.807) is 0 Å². The number of nitrogens with one attached hydrogen (secondary N) is 2. The molecule has 14 heavy (non-hydrogen) atoms. The van der Waals surface area contributed by atoms with Gasteiger partial charge in [0.25, 0.3) is 0 Å². The summed E-state index contributed by atoms with van der Waals surface area (Å²) in [4.78, 5) is 9.51. The first-order chi connectivity index (χ1) is 6.81. The van der Waals surface area contributed by atoms with Gasteiger partial charge in [-0.15, -0.1) is 0 Å². The van der Waals surface area contributed by atoms with Gasteiger partial charge in [0.05, 0.1) is 13.3 Å². The molecule has 86 valence electrons. The third-order valence-electron chi connectivity index (χ3n) is 1.45. The Morgan fingerprint density at radius 2 is 2.14 bits per heavy atom. The van der Waals surface area contributed by atoms with E-state index < -0.39 is 6.23 Å². The summed E-state index contributed by atoms with van der Waals surface area (Å²) in [5, 5.41) is 22.9. The summed E-state index contributed by atoms with van der Waals surface area (Å²) in [7, 11) is 0. The van der Waals surface area contributed by atoms with Crippen LogP contribution in [0.25, 0.3) is 0 Å². The van der Waals surface area contributed by atoms with Gasteiger partial charge >= 0.3 is 0 Å². The molecule has 0 aromatic rings. The van der Waals surface area contributed by atoms with Crippen LogP contribution < -0.4 is 10.6 Å². The van der Waals surface area contributed by atoms with Gasteiger partial charge in [-0.2, -0.15) is 0 Å². The SMILES string of the molecule is CCCOOCNCC[C@H](O)NCO. The summed E-state index contributed by atoms with van der Waals surface area (Å²) in [6, 6.07) is 0. The van der Waals surface area contributed by atoms with Gasteiger partial charge in [0, 0.05) is 6.54 Å². The minimum Gasteiger partial charge on any atom is -0.381 e. The van der Waals surface area contributed by atoms with Crippen LogP contribution in [-0.4, -0.2) is 43.1 Å². The average molecular weight is 208 g/mol. The molecule has 6 heteroatoms. The maximum atomic E-state index is 9.11. The quantitative estimate of drug-likeness (QED) is 0.162. The second-order valence-electron chi connectivity index (χ2n) is 2.75. The molecule has 0 rings (SSSR count). The lowest BCUT2D eigenvalue weighted by molar-refractivity contribution is -0.298. The van der Waals surface area contributed by atoms with Crippen LogP contribution in [0, 0.1) is 0 Å². The molecule has 0 aromatic carbocycles. The van der Waals surface area contributed by atoms with Crippen LogP contribution in [0.5, 0.6) is 0 Å². The van der Waals surface area contributed by atoms with Crippen LogP contribution in [0.1, 0.15) is 19.8 Å². The third kappa shape index (κ3) is 9.85. The first kappa shape index (κ1) is 13.8. The average Bonchev–Trinajstić information content (AvgIpc) is 2.17. The molecule has 0 fully saturated rings. The number of aliphatic hydroxyl groups is 2. The molecule has 1 atom stereocenters. The van der Waals surface area contributed by atoms with Crippen molar-refractivity contribution in [2.24, 2.45) is 0 Å². The molecule has 0 aliphatic rings.